The van der Waals surface area contributed by atoms with Crippen LogP contribution in [0.25, 0.3) is 0 Å². The Labute approximate surface area is 93.6 Å². The average molecular weight is 415 g/mol. The maximum absolute atomic E-state index is 11.0. The number of quaternary nitrogens is 1. The van der Waals surface area contributed by atoms with Gasteiger partial charge in [-0.25, -0.2) is 0 Å². The second-order valence-electron chi connectivity index (χ2n) is 2.88. The third kappa shape index (κ3) is 2.09. The molecular weight excluding hydrogens is 407 g/mol. The zero-order chi connectivity index (χ0) is 10.3. The molecule has 0 aromatic rings. The topological polar surface area (TPSA) is 138 Å². The first-order valence-electron chi connectivity index (χ1n) is 3.64. The number of carboxylic acids is 1. The van der Waals surface area contributed by atoms with Crippen LogP contribution in [0.2, 0.25) is 0 Å². The zero-order valence-electron chi connectivity index (χ0n) is 7.72. The Morgan fingerprint density at radius 3 is 2.13 bits per heavy atom. The third-order valence-corrected chi connectivity index (χ3v) is 6.51. The molecule has 2 bridgehead atoms. The Hall–Kier alpha value is -0.787. The van der Waals surface area contributed by atoms with E-state index >= 15 is 0 Å². The first-order valence-corrected chi connectivity index (χ1v) is 7.90. The molecule has 0 radical (unpaired) electrons. The Morgan fingerprint density at radius 2 is 1.73 bits per heavy atom. The normalized spacial score (nSPS) is 23.5. The van der Waals surface area contributed by atoms with Crippen molar-refractivity contribution in [1.29, 1.82) is 0 Å². The predicted molar refractivity (Wildman–Crippen MR) is 42.0 cm³/mol. The summed E-state index contributed by atoms with van der Waals surface area (Å²) >= 11 is -3.58. The van der Waals surface area contributed by atoms with Gasteiger partial charge in [-0.05, 0) is 0 Å². The summed E-state index contributed by atoms with van der Waals surface area (Å²) in [6.45, 7) is 0. The Balaban J connectivity index is 0.00000112. The van der Waals surface area contributed by atoms with Crippen LogP contribution in [0.15, 0.2) is 0 Å². The smallest absolute Gasteiger partial charge is 0.369 e. The van der Waals surface area contributed by atoms with E-state index < -0.39 is 59.4 Å². The van der Waals surface area contributed by atoms with E-state index in [0.29, 0.717) is 0 Å². The van der Waals surface area contributed by atoms with Gasteiger partial charge in [0.2, 0.25) is 0 Å². The van der Waals surface area contributed by atoms with Crippen LogP contribution in [0, 0.1) is 0 Å². The summed E-state index contributed by atoms with van der Waals surface area (Å²) in [5, 5.41) is 10.8. The van der Waals surface area contributed by atoms with Crippen molar-refractivity contribution in [1.82, 2.24) is 6.15 Å². The quantitative estimate of drug-likeness (QED) is 0.478. The van der Waals surface area contributed by atoms with Crippen LogP contribution in [0.4, 0.5) is 0 Å². The van der Waals surface area contributed by atoms with Crippen LogP contribution >= 0.6 is 0 Å². The molecule has 0 aromatic carbocycles. The van der Waals surface area contributed by atoms with E-state index in [1.165, 1.54) is 0 Å². The maximum atomic E-state index is 11.0. The van der Waals surface area contributed by atoms with Crippen LogP contribution in [-0.4, -0.2) is 46.6 Å². The van der Waals surface area contributed by atoms with Crippen molar-refractivity contribution >= 4 is 41.0 Å². The fourth-order valence-corrected chi connectivity index (χ4v) is 5.33. The first kappa shape index (κ1) is 12.3. The summed E-state index contributed by atoms with van der Waals surface area (Å²) < 4.78 is 14.2. The van der Waals surface area contributed by atoms with Crippen molar-refractivity contribution in [2.45, 2.75) is 18.4 Å². The summed E-state index contributed by atoms with van der Waals surface area (Å²) in [6.07, 6.45) is -0.980. The summed E-state index contributed by atoms with van der Waals surface area (Å²) in [5.74, 6) is -2.97. The molecule has 0 atom stereocenters. The van der Waals surface area contributed by atoms with Crippen LogP contribution in [0.3, 0.4) is 0 Å². The molecule has 0 aliphatic carbocycles. The van der Waals surface area contributed by atoms with E-state index in [1.807, 2.05) is 0 Å². The average Bonchev–Trinajstić information content (AvgIpc) is 2.00. The van der Waals surface area contributed by atoms with Gasteiger partial charge in [0, 0.05) is 0 Å². The summed E-state index contributed by atoms with van der Waals surface area (Å²) in [6, 6.07) is 0. The van der Waals surface area contributed by atoms with Gasteiger partial charge in [0.1, 0.15) is 0 Å². The van der Waals surface area contributed by atoms with Crippen molar-refractivity contribution in [3.63, 3.8) is 0 Å². The molecule has 15 heavy (non-hydrogen) atoms. The molecule has 84 valence electrons. The minimum absolute atomic E-state index is 0. The second-order valence-corrected chi connectivity index (χ2v) is 6.74. The van der Waals surface area contributed by atoms with E-state index in [4.69, 9.17) is 2.81 Å². The van der Waals surface area contributed by atoms with E-state index in [2.05, 4.69) is 5.63 Å². The molecule has 9 heteroatoms. The first-order chi connectivity index (χ1) is 6.52. The number of hydrogen-bond donors (Lipinski definition) is 1. The number of aliphatic carboxylic acids is 1. The molecule has 0 spiro atoms. The van der Waals surface area contributed by atoms with Crippen molar-refractivity contribution in [3.05, 3.63) is 0 Å². The molecule has 0 unspecified atom stereocenters. The Kier molecular flexibility index (Phi) is 3.27. The molecule has 0 aromatic heterocycles. The van der Waals surface area contributed by atoms with Gasteiger partial charge in [-0.15, -0.1) is 0 Å². The van der Waals surface area contributed by atoms with Gasteiger partial charge in [0.25, 0.3) is 0 Å². The number of carbonyl (C=O) groups excluding carboxylic acids is 3. The van der Waals surface area contributed by atoms with Gasteiger partial charge in [-0.1, -0.05) is 0 Å². The summed E-state index contributed by atoms with van der Waals surface area (Å²) in [4.78, 5) is 32.7. The SMILES string of the molecule is O=C1CC2(C(=O)[O-])CC(=O)[O][Bi]([O]1)[O]2.[NH4+]. The molecule has 4 N–H and O–H groups in total. The largest absolute Gasteiger partial charge is 0.369 e. The minimum Gasteiger partial charge on any atom is -0.369 e. The number of carbonyl (C=O) groups is 3. The van der Waals surface area contributed by atoms with Crippen LogP contribution in [0.1, 0.15) is 12.8 Å². The molecule has 0 saturated carbocycles. The van der Waals surface area contributed by atoms with Crippen LogP contribution < -0.4 is 11.3 Å². The fourth-order valence-electron chi connectivity index (χ4n) is 1.20. The Morgan fingerprint density at radius 1 is 1.27 bits per heavy atom. The fraction of sp³-hybridized carbons (Fsp3) is 0.500. The van der Waals surface area contributed by atoms with Crippen LogP contribution in [-0.2, 0) is 22.8 Å². The number of rotatable bonds is 1. The Bertz CT molecular complexity index is 309. The number of hydrogen-bond acceptors (Lipinski definition) is 7. The molecule has 2 heterocycles. The van der Waals surface area contributed by atoms with Crippen LogP contribution in [0.5, 0.6) is 0 Å². The number of fused-ring (bicyclic) bond motifs is 2. The molecule has 2 saturated heterocycles. The van der Waals surface area contributed by atoms with Crippen molar-refractivity contribution < 1.29 is 27.9 Å². The van der Waals surface area contributed by atoms with E-state index in [9.17, 15) is 19.5 Å². The van der Waals surface area contributed by atoms with Crippen molar-refractivity contribution in [2.75, 3.05) is 0 Å². The van der Waals surface area contributed by atoms with E-state index in [0.717, 1.165) is 0 Å². The van der Waals surface area contributed by atoms with Crippen molar-refractivity contribution in [2.24, 2.45) is 0 Å². The summed E-state index contributed by atoms with van der Waals surface area (Å²) in [7, 11) is 0. The summed E-state index contributed by atoms with van der Waals surface area (Å²) in [5.41, 5.74) is -1.83. The number of carboxylic acid groups (broad SMARTS) is 1. The minimum atomic E-state index is -3.58. The van der Waals surface area contributed by atoms with E-state index in [1.54, 1.807) is 0 Å². The molecule has 2 aliphatic heterocycles. The second kappa shape index (κ2) is 3.99. The maximum Gasteiger partial charge on any atom is -0.369 e. The molecular formula is C6H8BiNO7. The van der Waals surface area contributed by atoms with E-state index in [-0.39, 0.29) is 6.15 Å². The zero-order valence-corrected chi connectivity index (χ0v) is 11.2. The van der Waals surface area contributed by atoms with Crippen molar-refractivity contribution in [3.8, 4) is 0 Å². The van der Waals surface area contributed by atoms with Gasteiger partial charge in [0.05, 0.1) is 0 Å². The molecule has 8 nitrogen and oxygen atoms in total. The van der Waals surface area contributed by atoms with Gasteiger partial charge >= 0.3 is 87.4 Å². The molecule has 2 aliphatic rings. The molecule has 2 fully saturated rings. The van der Waals surface area contributed by atoms with Gasteiger partial charge in [-0.2, -0.15) is 0 Å². The predicted octanol–water partition coefficient (Wildman–Crippen LogP) is -2.25. The van der Waals surface area contributed by atoms with Gasteiger partial charge < -0.3 is 6.15 Å². The monoisotopic (exact) mass is 415 g/mol. The standard InChI is InChI=1S/C6H7O7.Bi.H3N/c7-3(8)1-6(13,5(11)12)2-4(9)10;;/h1-2H2,(H,7,8)(H,9,10)(H,11,12);;1H3/q-1;+3;/p-2. The third-order valence-electron chi connectivity index (χ3n) is 1.83. The van der Waals surface area contributed by atoms with Gasteiger partial charge in [0.15, 0.2) is 0 Å². The molecule has 0 amide bonds. The van der Waals surface area contributed by atoms with Gasteiger partial charge in [-0.3, -0.25) is 0 Å². The molecule has 2 rings (SSSR count).